The fourth-order valence-electron chi connectivity index (χ4n) is 3.76. The first kappa shape index (κ1) is 22.3. The van der Waals surface area contributed by atoms with E-state index in [0.717, 1.165) is 23.9 Å². The molecule has 2 aromatic heterocycles. The molecule has 0 bridgehead atoms. The van der Waals surface area contributed by atoms with Crippen LogP contribution < -0.4 is 20.7 Å². The van der Waals surface area contributed by atoms with Gasteiger partial charge in [0.15, 0.2) is 0 Å². The lowest BCUT2D eigenvalue weighted by Gasteiger charge is -2.17. The van der Waals surface area contributed by atoms with Crippen LogP contribution in [0.15, 0.2) is 61.1 Å². The zero-order chi connectivity index (χ0) is 24.4. The van der Waals surface area contributed by atoms with Crippen molar-refractivity contribution in [2.75, 3.05) is 19.5 Å². The van der Waals surface area contributed by atoms with Gasteiger partial charge in [0.05, 0.1) is 42.0 Å². The quantitative estimate of drug-likeness (QED) is 0.378. The number of methoxy groups -OCH3 is 1. The van der Waals surface area contributed by atoms with Gasteiger partial charge in [0.1, 0.15) is 11.4 Å². The molecule has 1 aliphatic carbocycles. The van der Waals surface area contributed by atoms with Gasteiger partial charge >= 0.3 is 0 Å². The molecule has 0 atom stereocenters. The third-order valence-corrected chi connectivity index (χ3v) is 5.78. The number of para-hydroxylation sites is 1. The minimum atomic E-state index is -0.320. The van der Waals surface area contributed by atoms with Gasteiger partial charge < -0.3 is 20.7 Å². The van der Waals surface area contributed by atoms with E-state index in [0.29, 0.717) is 33.8 Å². The predicted octanol–water partition coefficient (Wildman–Crippen LogP) is 3.70. The highest BCUT2D eigenvalue weighted by atomic mass is 16.5. The number of nitrogens with zero attached hydrogens (tertiary/aromatic N) is 3. The summed E-state index contributed by atoms with van der Waals surface area (Å²) in [5, 5.41) is 9.71. The molecule has 35 heavy (non-hydrogen) atoms. The number of anilines is 2. The van der Waals surface area contributed by atoms with Crippen LogP contribution in [0, 0.1) is 0 Å². The molecule has 1 saturated carbocycles. The topological polar surface area (TPSA) is 118 Å². The van der Waals surface area contributed by atoms with Crippen molar-refractivity contribution in [1.82, 2.24) is 25.6 Å². The molecule has 0 saturated heterocycles. The number of carbonyl (C=O) groups excluding carboxylic acids is 2. The van der Waals surface area contributed by atoms with Crippen LogP contribution in [-0.2, 0) is 0 Å². The van der Waals surface area contributed by atoms with E-state index in [1.807, 2.05) is 36.4 Å². The van der Waals surface area contributed by atoms with E-state index in [2.05, 4.69) is 30.9 Å². The molecular formula is C26H24N6O3. The Morgan fingerprint density at radius 1 is 0.971 bits per heavy atom. The summed E-state index contributed by atoms with van der Waals surface area (Å²) in [5.74, 6) is 0.0552. The van der Waals surface area contributed by atoms with Gasteiger partial charge in [-0.15, -0.1) is 0 Å². The van der Waals surface area contributed by atoms with Crippen LogP contribution in [-0.4, -0.2) is 47.0 Å². The van der Waals surface area contributed by atoms with Gasteiger partial charge in [0.25, 0.3) is 11.8 Å². The highest BCUT2D eigenvalue weighted by molar-refractivity contribution is 6.09. The number of pyridine rings is 1. The Morgan fingerprint density at radius 2 is 1.77 bits per heavy atom. The van der Waals surface area contributed by atoms with E-state index in [1.165, 1.54) is 19.4 Å². The Morgan fingerprint density at radius 3 is 2.43 bits per heavy atom. The predicted molar refractivity (Wildman–Crippen MR) is 133 cm³/mol. The average Bonchev–Trinajstić information content (AvgIpc) is 3.72. The SMILES string of the molecule is CNC(=O)c1cnc(-c2cc3c(Nc4ccccc4)c(C(=O)NC4CC4)cnc3cc2OC)cn1. The van der Waals surface area contributed by atoms with Crippen molar-refractivity contribution in [2.45, 2.75) is 18.9 Å². The summed E-state index contributed by atoms with van der Waals surface area (Å²) in [5.41, 5.74) is 3.98. The summed E-state index contributed by atoms with van der Waals surface area (Å²) in [6.07, 6.45) is 6.50. The molecule has 2 amide bonds. The minimum absolute atomic E-state index is 0.174. The van der Waals surface area contributed by atoms with Crippen LogP contribution in [0.5, 0.6) is 5.75 Å². The molecule has 0 unspecified atom stereocenters. The number of hydrogen-bond acceptors (Lipinski definition) is 7. The first-order valence-corrected chi connectivity index (χ1v) is 11.3. The molecular weight excluding hydrogens is 444 g/mol. The lowest BCUT2D eigenvalue weighted by molar-refractivity contribution is 0.0946. The van der Waals surface area contributed by atoms with Crippen molar-refractivity contribution in [2.24, 2.45) is 0 Å². The van der Waals surface area contributed by atoms with Gasteiger partial charge in [-0.3, -0.25) is 19.6 Å². The first-order chi connectivity index (χ1) is 17.1. The fourth-order valence-corrected chi connectivity index (χ4v) is 3.76. The molecule has 176 valence electrons. The van der Waals surface area contributed by atoms with Crippen LogP contribution in [0.3, 0.4) is 0 Å². The molecule has 2 aromatic carbocycles. The first-order valence-electron chi connectivity index (χ1n) is 11.3. The molecule has 1 aliphatic rings. The number of rotatable bonds is 7. The molecule has 0 spiro atoms. The van der Waals surface area contributed by atoms with Crippen molar-refractivity contribution in [1.29, 1.82) is 0 Å². The maximum Gasteiger partial charge on any atom is 0.271 e. The Hall–Kier alpha value is -4.53. The van der Waals surface area contributed by atoms with Gasteiger partial charge in [0.2, 0.25) is 0 Å². The number of aromatic nitrogens is 3. The van der Waals surface area contributed by atoms with Gasteiger partial charge in [-0.2, -0.15) is 0 Å². The second-order valence-corrected chi connectivity index (χ2v) is 8.22. The van der Waals surface area contributed by atoms with Crippen LogP contribution >= 0.6 is 0 Å². The monoisotopic (exact) mass is 468 g/mol. The Balaban J connectivity index is 1.66. The molecule has 2 heterocycles. The lowest BCUT2D eigenvalue weighted by Crippen LogP contribution is -2.26. The number of carbonyl (C=O) groups is 2. The number of amides is 2. The van der Waals surface area contributed by atoms with Crippen molar-refractivity contribution in [3.8, 4) is 17.0 Å². The number of ether oxygens (including phenoxy) is 1. The average molecular weight is 469 g/mol. The summed E-state index contributed by atoms with van der Waals surface area (Å²) in [6.45, 7) is 0. The van der Waals surface area contributed by atoms with Gasteiger partial charge in [0, 0.05) is 42.0 Å². The molecule has 5 rings (SSSR count). The molecule has 9 heteroatoms. The number of nitrogens with one attached hydrogen (secondary N) is 3. The van der Waals surface area contributed by atoms with Crippen molar-refractivity contribution in [3.63, 3.8) is 0 Å². The van der Waals surface area contributed by atoms with Gasteiger partial charge in [-0.05, 0) is 31.0 Å². The molecule has 3 N–H and O–H groups in total. The zero-order valence-electron chi connectivity index (χ0n) is 19.3. The zero-order valence-corrected chi connectivity index (χ0v) is 19.3. The fraction of sp³-hybridized carbons (Fsp3) is 0.192. The Kier molecular flexibility index (Phi) is 5.97. The molecule has 4 aromatic rings. The summed E-state index contributed by atoms with van der Waals surface area (Å²) in [4.78, 5) is 38.2. The maximum absolute atomic E-state index is 13.1. The van der Waals surface area contributed by atoms with E-state index in [-0.39, 0.29) is 23.6 Å². The van der Waals surface area contributed by atoms with E-state index < -0.39 is 0 Å². The van der Waals surface area contributed by atoms with Crippen molar-refractivity contribution < 1.29 is 14.3 Å². The van der Waals surface area contributed by atoms with Crippen molar-refractivity contribution in [3.05, 3.63) is 72.3 Å². The summed E-state index contributed by atoms with van der Waals surface area (Å²) in [7, 11) is 3.10. The summed E-state index contributed by atoms with van der Waals surface area (Å²) < 4.78 is 5.62. The summed E-state index contributed by atoms with van der Waals surface area (Å²) in [6, 6.07) is 13.5. The van der Waals surface area contributed by atoms with Crippen molar-refractivity contribution >= 4 is 34.1 Å². The Bertz CT molecular complexity index is 1400. The van der Waals surface area contributed by atoms with Gasteiger partial charge in [-0.25, -0.2) is 4.98 Å². The maximum atomic E-state index is 13.1. The lowest BCUT2D eigenvalue weighted by atomic mass is 10.0. The smallest absolute Gasteiger partial charge is 0.271 e. The molecule has 0 aliphatic heterocycles. The molecule has 9 nitrogen and oxygen atoms in total. The standard InChI is InChI=1S/C26H24N6O3/c1-27-26(34)22-14-29-21(13-30-22)17-10-18-20(11-23(17)35-2)28-12-19(25(33)32-16-8-9-16)24(18)31-15-6-4-3-5-7-15/h3-7,10-14,16H,8-9H2,1-2H3,(H,27,34)(H,28,31)(H,32,33). The third kappa shape index (κ3) is 4.61. The van der Waals surface area contributed by atoms with Crippen LogP contribution in [0.4, 0.5) is 11.4 Å². The number of hydrogen-bond donors (Lipinski definition) is 3. The van der Waals surface area contributed by atoms with Crippen LogP contribution in [0.2, 0.25) is 0 Å². The van der Waals surface area contributed by atoms with Crippen LogP contribution in [0.1, 0.15) is 33.7 Å². The van der Waals surface area contributed by atoms with E-state index in [1.54, 1.807) is 19.4 Å². The second kappa shape index (κ2) is 9.38. The number of benzene rings is 2. The van der Waals surface area contributed by atoms with Crippen LogP contribution in [0.25, 0.3) is 22.2 Å². The number of fused-ring (bicyclic) bond motifs is 1. The molecule has 1 fully saturated rings. The van der Waals surface area contributed by atoms with Gasteiger partial charge in [-0.1, -0.05) is 18.2 Å². The van der Waals surface area contributed by atoms with E-state index in [4.69, 9.17) is 4.74 Å². The largest absolute Gasteiger partial charge is 0.496 e. The minimum Gasteiger partial charge on any atom is -0.496 e. The second-order valence-electron chi connectivity index (χ2n) is 8.22. The normalized spacial score (nSPS) is 12.7. The highest BCUT2D eigenvalue weighted by Gasteiger charge is 2.26. The Labute approximate surface area is 202 Å². The van der Waals surface area contributed by atoms with E-state index in [9.17, 15) is 9.59 Å². The summed E-state index contributed by atoms with van der Waals surface area (Å²) >= 11 is 0. The van der Waals surface area contributed by atoms with E-state index >= 15 is 0 Å². The molecule has 0 radical (unpaired) electrons. The third-order valence-electron chi connectivity index (χ3n) is 5.78. The highest BCUT2D eigenvalue weighted by Crippen LogP contribution is 2.37.